The Hall–Kier alpha value is -3.74. The van der Waals surface area contributed by atoms with Crippen LogP contribution in [0.15, 0.2) is 36.9 Å². The number of β-amino-alcohol motifs (C(OH)–C–C–N with tert-alkyl or cyclic N) is 1. The SMILES string of the molecule is Nc1ncnc2c1ncn2[C@@H]1CN(C(=O)CCCn2c(C(F)(F)F)nc3ccccc32)C[C@H]1O. The number of benzene rings is 1. The maximum absolute atomic E-state index is 13.5. The Morgan fingerprint density at radius 1 is 1.18 bits per heavy atom. The summed E-state index contributed by atoms with van der Waals surface area (Å²) in [4.78, 5) is 30.3. The van der Waals surface area contributed by atoms with Gasteiger partial charge < -0.3 is 24.9 Å². The zero-order valence-corrected chi connectivity index (χ0v) is 17.9. The molecule has 10 nitrogen and oxygen atoms in total. The van der Waals surface area contributed by atoms with E-state index in [0.29, 0.717) is 16.7 Å². The fourth-order valence-corrected chi connectivity index (χ4v) is 4.42. The monoisotopic (exact) mass is 474 g/mol. The van der Waals surface area contributed by atoms with E-state index in [1.165, 1.54) is 23.6 Å². The van der Waals surface area contributed by atoms with Gasteiger partial charge in [-0.2, -0.15) is 13.2 Å². The predicted molar refractivity (Wildman–Crippen MR) is 115 cm³/mol. The lowest BCUT2D eigenvalue weighted by molar-refractivity contribution is -0.146. The van der Waals surface area contributed by atoms with E-state index < -0.39 is 24.1 Å². The number of aryl methyl sites for hydroxylation is 1. The second-order valence-corrected chi connectivity index (χ2v) is 8.19. The average molecular weight is 474 g/mol. The van der Waals surface area contributed by atoms with E-state index in [1.807, 2.05) is 0 Å². The first kappa shape index (κ1) is 22.1. The summed E-state index contributed by atoms with van der Waals surface area (Å²) < 4.78 is 43.2. The summed E-state index contributed by atoms with van der Waals surface area (Å²) in [7, 11) is 0. The molecule has 1 amide bonds. The molecule has 5 rings (SSSR count). The number of likely N-dealkylation sites (tertiary alicyclic amines) is 1. The standard InChI is InChI=1S/C21H21F3N8O2/c22-21(23,24)20-29-12-4-1-2-5-13(12)31(20)7-3-6-16(34)30-8-14(15(33)9-30)32-11-28-17-18(25)26-10-27-19(17)32/h1-2,4-5,10-11,14-15,33H,3,6-9H2,(H2,25,26,27)/t14-,15-/m1/s1. The van der Waals surface area contributed by atoms with Gasteiger partial charge in [-0.05, 0) is 18.6 Å². The number of hydrogen-bond acceptors (Lipinski definition) is 7. The van der Waals surface area contributed by atoms with Crippen molar-refractivity contribution >= 4 is 33.9 Å². The van der Waals surface area contributed by atoms with Crippen LogP contribution >= 0.6 is 0 Å². The molecule has 0 saturated carbocycles. The van der Waals surface area contributed by atoms with Crippen molar-refractivity contribution in [2.75, 3.05) is 18.8 Å². The normalized spacial score (nSPS) is 18.9. The van der Waals surface area contributed by atoms with Gasteiger partial charge in [0.05, 0.1) is 29.5 Å². The molecule has 1 aromatic carbocycles. The predicted octanol–water partition coefficient (Wildman–Crippen LogP) is 2.00. The van der Waals surface area contributed by atoms with Crippen LogP contribution in [0.25, 0.3) is 22.2 Å². The van der Waals surface area contributed by atoms with Crippen LogP contribution in [-0.2, 0) is 17.5 Å². The highest BCUT2D eigenvalue weighted by Gasteiger charge is 2.38. The Morgan fingerprint density at radius 2 is 1.97 bits per heavy atom. The third-order valence-corrected chi connectivity index (χ3v) is 6.04. The first-order valence-corrected chi connectivity index (χ1v) is 10.7. The van der Waals surface area contributed by atoms with Crippen molar-refractivity contribution in [3.63, 3.8) is 0 Å². The van der Waals surface area contributed by atoms with Gasteiger partial charge in [0.15, 0.2) is 11.5 Å². The van der Waals surface area contributed by atoms with Crippen molar-refractivity contribution in [2.45, 2.75) is 37.7 Å². The van der Waals surface area contributed by atoms with E-state index in [9.17, 15) is 23.1 Å². The number of aromatic nitrogens is 6. The van der Waals surface area contributed by atoms with Crippen molar-refractivity contribution in [2.24, 2.45) is 0 Å². The van der Waals surface area contributed by atoms with E-state index in [-0.39, 0.29) is 49.7 Å². The van der Waals surface area contributed by atoms with Crippen LogP contribution in [0, 0.1) is 0 Å². The van der Waals surface area contributed by atoms with Gasteiger partial charge in [0.1, 0.15) is 11.8 Å². The fourth-order valence-electron chi connectivity index (χ4n) is 4.42. The second-order valence-electron chi connectivity index (χ2n) is 8.19. The molecule has 178 valence electrons. The lowest BCUT2D eigenvalue weighted by atomic mass is 10.2. The van der Waals surface area contributed by atoms with E-state index in [0.717, 1.165) is 4.57 Å². The number of halogens is 3. The summed E-state index contributed by atoms with van der Waals surface area (Å²) >= 11 is 0. The van der Waals surface area contributed by atoms with E-state index in [2.05, 4.69) is 19.9 Å². The Kier molecular flexibility index (Phi) is 5.35. The quantitative estimate of drug-likeness (QED) is 0.453. The molecule has 4 aromatic rings. The number of alkyl halides is 3. The number of para-hydroxylation sites is 2. The number of imidazole rings is 2. The topological polar surface area (TPSA) is 128 Å². The summed E-state index contributed by atoms with van der Waals surface area (Å²) in [6, 6.07) is 5.90. The van der Waals surface area contributed by atoms with E-state index in [4.69, 9.17) is 5.73 Å². The zero-order chi connectivity index (χ0) is 24.0. The molecule has 34 heavy (non-hydrogen) atoms. The number of fused-ring (bicyclic) bond motifs is 2. The molecule has 4 heterocycles. The summed E-state index contributed by atoms with van der Waals surface area (Å²) in [5.41, 5.74) is 7.30. The van der Waals surface area contributed by atoms with Gasteiger partial charge in [-0.1, -0.05) is 12.1 Å². The molecular weight excluding hydrogens is 453 g/mol. The Bertz CT molecular complexity index is 1370. The number of aliphatic hydroxyl groups is 1. The highest BCUT2D eigenvalue weighted by Crippen LogP contribution is 2.32. The van der Waals surface area contributed by atoms with Gasteiger partial charge in [0.2, 0.25) is 11.7 Å². The average Bonchev–Trinajstić information content (AvgIpc) is 3.49. The molecule has 3 N–H and O–H groups in total. The van der Waals surface area contributed by atoms with Crippen molar-refractivity contribution in [1.82, 2.24) is 34.0 Å². The molecule has 0 radical (unpaired) electrons. The van der Waals surface area contributed by atoms with E-state index in [1.54, 1.807) is 22.8 Å². The Balaban J connectivity index is 1.27. The Morgan fingerprint density at radius 3 is 2.76 bits per heavy atom. The maximum atomic E-state index is 13.5. The second kappa shape index (κ2) is 8.24. The van der Waals surface area contributed by atoms with Crippen molar-refractivity contribution in [1.29, 1.82) is 0 Å². The summed E-state index contributed by atoms with van der Waals surface area (Å²) in [5.74, 6) is -1.02. The number of nitrogens with two attached hydrogens (primary N) is 1. The molecule has 3 aromatic heterocycles. The minimum Gasteiger partial charge on any atom is -0.389 e. The Labute approximate surface area is 190 Å². The number of aliphatic hydroxyl groups excluding tert-OH is 1. The number of carbonyl (C=O) groups excluding carboxylic acids is 1. The molecule has 0 bridgehead atoms. The summed E-state index contributed by atoms with van der Waals surface area (Å²) in [5, 5.41) is 10.6. The largest absolute Gasteiger partial charge is 0.449 e. The summed E-state index contributed by atoms with van der Waals surface area (Å²) in [6.07, 6.45) is -2.43. The molecule has 1 fully saturated rings. The van der Waals surface area contributed by atoms with Crippen LogP contribution in [0.2, 0.25) is 0 Å². The van der Waals surface area contributed by atoms with Crippen molar-refractivity contribution in [3.8, 4) is 0 Å². The number of amides is 1. The van der Waals surface area contributed by atoms with Crippen LogP contribution < -0.4 is 5.73 Å². The molecule has 13 heteroatoms. The van der Waals surface area contributed by atoms with E-state index >= 15 is 0 Å². The maximum Gasteiger partial charge on any atom is 0.449 e. The summed E-state index contributed by atoms with van der Waals surface area (Å²) in [6.45, 7) is 0.312. The zero-order valence-electron chi connectivity index (χ0n) is 17.9. The smallest absolute Gasteiger partial charge is 0.389 e. The molecule has 1 aliphatic heterocycles. The number of nitrogens with zero attached hydrogens (tertiary/aromatic N) is 7. The van der Waals surface area contributed by atoms with Gasteiger partial charge >= 0.3 is 6.18 Å². The van der Waals surface area contributed by atoms with Crippen LogP contribution in [0.4, 0.5) is 19.0 Å². The van der Waals surface area contributed by atoms with Gasteiger partial charge in [-0.3, -0.25) is 4.79 Å². The van der Waals surface area contributed by atoms with Crippen LogP contribution in [0.3, 0.4) is 0 Å². The molecule has 0 aliphatic carbocycles. The minimum absolute atomic E-state index is 0.0106. The number of nitrogen functional groups attached to an aromatic ring is 1. The highest BCUT2D eigenvalue weighted by atomic mass is 19.4. The van der Waals surface area contributed by atoms with Gasteiger partial charge in [-0.15, -0.1) is 0 Å². The molecule has 1 saturated heterocycles. The van der Waals surface area contributed by atoms with Gasteiger partial charge in [0.25, 0.3) is 0 Å². The van der Waals surface area contributed by atoms with Crippen LogP contribution in [0.5, 0.6) is 0 Å². The van der Waals surface area contributed by atoms with Crippen molar-refractivity contribution in [3.05, 3.63) is 42.7 Å². The fraction of sp³-hybridized carbons (Fsp3) is 0.381. The van der Waals surface area contributed by atoms with Crippen molar-refractivity contribution < 1.29 is 23.1 Å². The van der Waals surface area contributed by atoms with Crippen LogP contribution in [-0.4, -0.2) is 64.2 Å². The van der Waals surface area contributed by atoms with Gasteiger partial charge in [0, 0.05) is 26.1 Å². The highest BCUT2D eigenvalue weighted by molar-refractivity contribution is 5.81. The minimum atomic E-state index is -4.60. The number of anilines is 1. The lowest BCUT2D eigenvalue weighted by Gasteiger charge is -2.17. The number of hydrogen-bond donors (Lipinski definition) is 2. The first-order chi connectivity index (χ1) is 16.2. The van der Waals surface area contributed by atoms with Crippen LogP contribution in [0.1, 0.15) is 24.7 Å². The molecule has 0 spiro atoms. The molecule has 0 unspecified atom stereocenters. The first-order valence-electron chi connectivity index (χ1n) is 10.7. The third-order valence-electron chi connectivity index (χ3n) is 6.04. The third kappa shape index (κ3) is 3.81. The molecule has 2 atom stereocenters. The lowest BCUT2D eigenvalue weighted by Crippen LogP contribution is -2.29. The number of carbonyl (C=O) groups is 1. The van der Waals surface area contributed by atoms with Gasteiger partial charge in [-0.25, -0.2) is 19.9 Å². The molecular formula is C21H21F3N8O2. The number of rotatable bonds is 5. The molecule has 1 aliphatic rings.